The number of fused-ring (bicyclic) bond motifs is 1. The number of hydrogen-bond acceptors (Lipinski definition) is 2. The van der Waals surface area contributed by atoms with Crippen LogP contribution < -0.4 is 0 Å². The first-order chi connectivity index (χ1) is 6.14. The molecule has 3 nitrogen and oxygen atoms in total. The fourth-order valence-corrected chi connectivity index (χ4v) is 2.30. The zero-order valence-corrected chi connectivity index (χ0v) is 8.96. The summed E-state index contributed by atoms with van der Waals surface area (Å²) in [6.45, 7) is 7.12. The van der Waals surface area contributed by atoms with Crippen LogP contribution in [-0.4, -0.2) is 30.7 Å². The van der Waals surface area contributed by atoms with E-state index in [1.807, 2.05) is 18.7 Å². The normalized spacial score (nSPS) is 34.5. The highest BCUT2D eigenvalue weighted by molar-refractivity contribution is 5.69. The predicted molar refractivity (Wildman–Crippen MR) is 51.6 cm³/mol. The van der Waals surface area contributed by atoms with E-state index in [2.05, 4.69) is 11.7 Å². The molecule has 0 aromatic heterocycles. The number of nitrogens with zero attached hydrogens (tertiary/aromatic N) is 1. The van der Waals surface area contributed by atoms with Gasteiger partial charge in [0.1, 0.15) is 0 Å². The van der Waals surface area contributed by atoms with Crippen LogP contribution in [0.1, 0.15) is 33.6 Å². The molecule has 0 spiro atoms. The summed E-state index contributed by atoms with van der Waals surface area (Å²) in [7, 11) is 1.44. The number of carbonyl (C=O) groups is 1. The molecular formula is C10H19NO2. The van der Waals surface area contributed by atoms with Crippen molar-refractivity contribution in [3.63, 3.8) is 0 Å². The molecule has 0 aromatic carbocycles. The Balaban J connectivity index is 0.000000396. The first-order valence-electron chi connectivity index (χ1n) is 4.99. The number of methoxy groups -OCH3 is 1. The summed E-state index contributed by atoms with van der Waals surface area (Å²) < 4.78 is 4.66. The van der Waals surface area contributed by atoms with Crippen molar-refractivity contribution in [2.75, 3.05) is 13.7 Å². The Kier molecular flexibility index (Phi) is 2.84. The molecule has 2 aliphatic heterocycles. The summed E-state index contributed by atoms with van der Waals surface area (Å²) in [5.74, 6) is 0. The van der Waals surface area contributed by atoms with Crippen LogP contribution in [0.25, 0.3) is 0 Å². The average Bonchev–Trinajstić information content (AvgIpc) is 2.60. The van der Waals surface area contributed by atoms with Gasteiger partial charge in [0.25, 0.3) is 0 Å². The average molecular weight is 185 g/mol. The molecule has 0 radical (unpaired) electrons. The predicted octanol–water partition coefficient (Wildman–Crippen LogP) is 2.26. The minimum absolute atomic E-state index is 0.156. The SMILES string of the molecule is CC.COC(=O)N1CC2(C)CC1C2. The van der Waals surface area contributed by atoms with Gasteiger partial charge in [-0.1, -0.05) is 20.8 Å². The summed E-state index contributed by atoms with van der Waals surface area (Å²) in [6.07, 6.45) is 2.18. The number of amides is 1. The maximum absolute atomic E-state index is 11.1. The Hall–Kier alpha value is -0.730. The lowest BCUT2D eigenvalue weighted by Crippen LogP contribution is -2.35. The lowest BCUT2D eigenvalue weighted by atomic mass is 9.72. The highest BCUT2D eigenvalue weighted by Crippen LogP contribution is 2.51. The van der Waals surface area contributed by atoms with E-state index < -0.39 is 0 Å². The van der Waals surface area contributed by atoms with Gasteiger partial charge in [0.2, 0.25) is 0 Å². The van der Waals surface area contributed by atoms with Crippen molar-refractivity contribution in [2.45, 2.75) is 39.7 Å². The standard InChI is InChI=1S/C8H13NO2.C2H6/c1-8-3-6(4-8)9(5-8)7(10)11-2;1-2/h6H,3-5H2,1-2H3;1-2H3. The second kappa shape index (κ2) is 3.56. The lowest BCUT2D eigenvalue weighted by Gasteiger charge is -2.32. The third-order valence-corrected chi connectivity index (χ3v) is 2.86. The van der Waals surface area contributed by atoms with Gasteiger partial charge < -0.3 is 9.64 Å². The van der Waals surface area contributed by atoms with Crippen molar-refractivity contribution in [2.24, 2.45) is 5.41 Å². The van der Waals surface area contributed by atoms with Crippen LogP contribution in [0.15, 0.2) is 0 Å². The van der Waals surface area contributed by atoms with Crippen LogP contribution >= 0.6 is 0 Å². The van der Waals surface area contributed by atoms with E-state index >= 15 is 0 Å². The van der Waals surface area contributed by atoms with Crippen LogP contribution in [0.5, 0.6) is 0 Å². The highest BCUT2D eigenvalue weighted by Gasteiger charge is 2.53. The van der Waals surface area contributed by atoms with E-state index in [4.69, 9.17) is 0 Å². The quantitative estimate of drug-likeness (QED) is 0.579. The molecule has 76 valence electrons. The first kappa shape index (κ1) is 10.4. The Bertz CT molecular complexity index is 197. The van der Waals surface area contributed by atoms with Crippen LogP contribution in [0.2, 0.25) is 0 Å². The fraction of sp³-hybridized carbons (Fsp3) is 0.900. The maximum Gasteiger partial charge on any atom is 0.409 e. The second-order valence-corrected chi connectivity index (χ2v) is 3.97. The molecule has 3 fully saturated rings. The van der Waals surface area contributed by atoms with E-state index in [0.717, 1.165) is 6.54 Å². The molecule has 3 aliphatic rings. The molecule has 0 atom stereocenters. The number of carbonyl (C=O) groups excluding carboxylic acids is 1. The van der Waals surface area contributed by atoms with Gasteiger partial charge in [0.15, 0.2) is 0 Å². The van der Waals surface area contributed by atoms with Gasteiger partial charge in [0.05, 0.1) is 7.11 Å². The zero-order valence-electron chi connectivity index (χ0n) is 8.96. The molecule has 0 aromatic rings. The fourth-order valence-electron chi connectivity index (χ4n) is 2.30. The Morgan fingerprint density at radius 3 is 2.31 bits per heavy atom. The van der Waals surface area contributed by atoms with Crippen LogP contribution in [0, 0.1) is 5.41 Å². The Morgan fingerprint density at radius 1 is 1.46 bits per heavy atom. The molecule has 2 saturated heterocycles. The van der Waals surface area contributed by atoms with Crippen molar-refractivity contribution in [1.82, 2.24) is 4.90 Å². The summed E-state index contributed by atoms with van der Waals surface area (Å²) in [5, 5.41) is 0. The topological polar surface area (TPSA) is 29.5 Å². The maximum atomic E-state index is 11.1. The van der Waals surface area contributed by atoms with Crippen LogP contribution in [0.4, 0.5) is 4.79 Å². The largest absolute Gasteiger partial charge is 0.453 e. The molecule has 1 amide bonds. The Morgan fingerprint density at radius 2 is 2.00 bits per heavy atom. The molecule has 3 rings (SSSR count). The molecule has 13 heavy (non-hydrogen) atoms. The summed E-state index contributed by atoms with van der Waals surface area (Å²) in [6, 6.07) is 0.479. The van der Waals surface area contributed by atoms with Crippen molar-refractivity contribution in [3.8, 4) is 0 Å². The third kappa shape index (κ3) is 1.64. The minimum atomic E-state index is -0.156. The number of hydrogen-bond donors (Lipinski definition) is 0. The minimum Gasteiger partial charge on any atom is -0.453 e. The molecule has 1 saturated carbocycles. The van der Waals surface area contributed by atoms with Crippen molar-refractivity contribution >= 4 is 6.09 Å². The van der Waals surface area contributed by atoms with Crippen molar-refractivity contribution < 1.29 is 9.53 Å². The third-order valence-electron chi connectivity index (χ3n) is 2.86. The first-order valence-corrected chi connectivity index (χ1v) is 4.99. The smallest absolute Gasteiger partial charge is 0.409 e. The van der Waals surface area contributed by atoms with E-state index in [-0.39, 0.29) is 6.09 Å². The van der Waals surface area contributed by atoms with Gasteiger partial charge in [-0.2, -0.15) is 0 Å². The molecule has 1 aliphatic carbocycles. The van der Waals surface area contributed by atoms with Gasteiger partial charge >= 0.3 is 6.09 Å². The van der Waals surface area contributed by atoms with E-state index in [1.54, 1.807) is 0 Å². The van der Waals surface area contributed by atoms with Crippen LogP contribution in [-0.2, 0) is 4.74 Å². The van der Waals surface area contributed by atoms with Gasteiger partial charge in [-0.15, -0.1) is 0 Å². The van der Waals surface area contributed by atoms with Gasteiger partial charge in [0, 0.05) is 12.6 Å². The van der Waals surface area contributed by atoms with E-state index in [9.17, 15) is 4.79 Å². The molecule has 2 heterocycles. The van der Waals surface area contributed by atoms with Gasteiger partial charge in [-0.3, -0.25) is 0 Å². The lowest BCUT2D eigenvalue weighted by molar-refractivity contribution is 0.119. The monoisotopic (exact) mass is 185 g/mol. The Labute approximate surface area is 80.1 Å². The van der Waals surface area contributed by atoms with Crippen LogP contribution in [0.3, 0.4) is 0 Å². The molecule has 0 N–H and O–H groups in total. The van der Waals surface area contributed by atoms with Crippen molar-refractivity contribution in [3.05, 3.63) is 0 Å². The summed E-state index contributed by atoms with van der Waals surface area (Å²) >= 11 is 0. The molecule has 0 unspecified atom stereocenters. The number of ether oxygens (including phenoxy) is 1. The zero-order chi connectivity index (χ0) is 10.1. The summed E-state index contributed by atoms with van der Waals surface area (Å²) in [4.78, 5) is 12.9. The summed E-state index contributed by atoms with van der Waals surface area (Å²) in [5.41, 5.74) is 0.416. The van der Waals surface area contributed by atoms with E-state index in [0.29, 0.717) is 11.5 Å². The molecule has 2 bridgehead atoms. The highest BCUT2D eigenvalue weighted by atomic mass is 16.5. The molecule has 3 heteroatoms. The second-order valence-electron chi connectivity index (χ2n) is 3.97. The van der Waals surface area contributed by atoms with Gasteiger partial charge in [-0.05, 0) is 18.3 Å². The van der Waals surface area contributed by atoms with E-state index in [1.165, 1.54) is 20.0 Å². The van der Waals surface area contributed by atoms with Crippen molar-refractivity contribution in [1.29, 1.82) is 0 Å². The van der Waals surface area contributed by atoms with Gasteiger partial charge in [-0.25, -0.2) is 4.79 Å². The number of rotatable bonds is 0. The molecular weight excluding hydrogens is 166 g/mol.